The minimum absolute atomic E-state index is 0.0310. The first-order valence-electron chi connectivity index (χ1n) is 6.40. The van der Waals surface area contributed by atoms with E-state index in [1.54, 1.807) is 6.07 Å². The quantitative estimate of drug-likeness (QED) is 0.821. The topological polar surface area (TPSA) is 23.6 Å². The molecule has 0 radical (unpaired) electrons. The van der Waals surface area contributed by atoms with Crippen molar-refractivity contribution in [2.45, 2.75) is 18.9 Å². The van der Waals surface area contributed by atoms with Crippen LogP contribution < -0.4 is 0 Å². The molecule has 1 aromatic carbocycles. The Morgan fingerprint density at radius 2 is 2.00 bits per heavy atom. The summed E-state index contributed by atoms with van der Waals surface area (Å²) >= 11 is 9.54. The Morgan fingerprint density at radius 1 is 1.37 bits per heavy atom. The number of benzene rings is 1. The van der Waals surface area contributed by atoms with Crippen LogP contribution in [0.5, 0.6) is 0 Å². The van der Waals surface area contributed by atoms with Crippen molar-refractivity contribution < 1.29 is 4.79 Å². The molecule has 1 aliphatic rings. The monoisotopic (exact) mass is 344 g/mol. The van der Waals surface area contributed by atoms with Crippen molar-refractivity contribution in [3.05, 3.63) is 33.3 Å². The van der Waals surface area contributed by atoms with E-state index in [1.165, 1.54) is 0 Å². The Hall–Kier alpha value is -0.580. The van der Waals surface area contributed by atoms with Crippen LogP contribution in [0.4, 0.5) is 0 Å². The average Bonchev–Trinajstić information content (AvgIpc) is 2.41. The highest BCUT2D eigenvalue weighted by molar-refractivity contribution is 9.10. The van der Waals surface area contributed by atoms with Gasteiger partial charge in [-0.3, -0.25) is 4.79 Å². The molecule has 104 valence electrons. The lowest BCUT2D eigenvalue weighted by atomic mass is 10.0. The summed E-state index contributed by atoms with van der Waals surface area (Å²) in [7, 11) is 4.18. The van der Waals surface area contributed by atoms with Crippen molar-refractivity contribution in [2.75, 3.05) is 27.2 Å². The number of hydrogen-bond acceptors (Lipinski definition) is 2. The van der Waals surface area contributed by atoms with Gasteiger partial charge in [0.05, 0.1) is 10.6 Å². The Kier molecular flexibility index (Phi) is 4.87. The van der Waals surface area contributed by atoms with Crippen LogP contribution in [-0.4, -0.2) is 48.9 Å². The number of carbonyl (C=O) groups is 1. The third-order valence-electron chi connectivity index (χ3n) is 3.66. The lowest BCUT2D eigenvalue weighted by Crippen LogP contribution is -2.44. The fraction of sp³-hybridized carbons (Fsp3) is 0.500. The molecule has 0 N–H and O–H groups in total. The molecule has 1 fully saturated rings. The van der Waals surface area contributed by atoms with Gasteiger partial charge in [0.2, 0.25) is 0 Å². The molecule has 0 saturated carbocycles. The Labute approximate surface area is 127 Å². The molecular formula is C14H18BrClN2O. The van der Waals surface area contributed by atoms with Crippen LogP contribution in [0.25, 0.3) is 0 Å². The summed E-state index contributed by atoms with van der Waals surface area (Å²) in [6.45, 7) is 1.59. The number of likely N-dealkylation sites (tertiary alicyclic amines) is 1. The van der Waals surface area contributed by atoms with Gasteiger partial charge in [0.25, 0.3) is 5.91 Å². The molecule has 0 spiro atoms. The summed E-state index contributed by atoms with van der Waals surface area (Å²) < 4.78 is 0.767. The predicted molar refractivity (Wildman–Crippen MR) is 81.8 cm³/mol. The van der Waals surface area contributed by atoms with Crippen LogP contribution in [0.1, 0.15) is 23.2 Å². The van der Waals surface area contributed by atoms with Crippen LogP contribution in [0.3, 0.4) is 0 Å². The van der Waals surface area contributed by atoms with Gasteiger partial charge in [-0.2, -0.15) is 0 Å². The van der Waals surface area contributed by atoms with Gasteiger partial charge in [0, 0.05) is 23.6 Å². The van der Waals surface area contributed by atoms with Crippen LogP contribution >= 0.6 is 27.5 Å². The predicted octanol–water partition coefficient (Wildman–Crippen LogP) is 3.27. The van der Waals surface area contributed by atoms with Crippen molar-refractivity contribution in [3.63, 3.8) is 0 Å². The molecule has 0 aliphatic carbocycles. The fourth-order valence-corrected chi connectivity index (χ4v) is 3.00. The van der Waals surface area contributed by atoms with E-state index in [0.29, 0.717) is 16.6 Å². The summed E-state index contributed by atoms with van der Waals surface area (Å²) in [4.78, 5) is 16.6. The third kappa shape index (κ3) is 3.30. The Balaban J connectivity index is 2.07. The van der Waals surface area contributed by atoms with Crippen molar-refractivity contribution >= 4 is 33.4 Å². The molecule has 3 nitrogen and oxygen atoms in total. The van der Waals surface area contributed by atoms with Crippen molar-refractivity contribution in [1.29, 1.82) is 0 Å². The minimum atomic E-state index is 0.0310. The van der Waals surface area contributed by atoms with E-state index in [2.05, 4.69) is 34.9 Å². The zero-order valence-electron chi connectivity index (χ0n) is 11.2. The zero-order chi connectivity index (χ0) is 14.0. The van der Waals surface area contributed by atoms with E-state index in [9.17, 15) is 4.79 Å². The number of hydrogen-bond donors (Lipinski definition) is 0. The van der Waals surface area contributed by atoms with Gasteiger partial charge >= 0.3 is 0 Å². The largest absolute Gasteiger partial charge is 0.338 e. The number of carbonyl (C=O) groups excluding carboxylic acids is 1. The molecule has 2 rings (SSSR count). The van der Waals surface area contributed by atoms with E-state index in [1.807, 2.05) is 17.0 Å². The first-order chi connectivity index (χ1) is 9.00. The standard InChI is InChI=1S/C14H18BrClN2O/c1-17(2)10-6-8-18(9-7-10)14(19)11-4-3-5-12(15)13(11)16/h3-5,10H,6-9H2,1-2H3. The minimum Gasteiger partial charge on any atom is -0.338 e. The first kappa shape index (κ1) is 14.8. The van der Waals surface area contributed by atoms with E-state index in [4.69, 9.17) is 11.6 Å². The summed E-state index contributed by atoms with van der Waals surface area (Å²) in [5.74, 6) is 0.0310. The van der Waals surface area contributed by atoms with Crippen molar-refractivity contribution in [1.82, 2.24) is 9.80 Å². The first-order valence-corrected chi connectivity index (χ1v) is 7.57. The lowest BCUT2D eigenvalue weighted by molar-refractivity contribution is 0.0663. The fourth-order valence-electron chi connectivity index (χ4n) is 2.42. The van der Waals surface area contributed by atoms with E-state index < -0.39 is 0 Å². The molecular weight excluding hydrogens is 328 g/mol. The number of halogens is 2. The molecule has 0 unspecified atom stereocenters. The maximum atomic E-state index is 12.5. The number of rotatable bonds is 2. The molecule has 0 bridgehead atoms. The van der Waals surface area contributed by atoms with Gasteiger partial charge in [-0.1, -0.05) is 17.7 Å². The molecule has 0 atom stereocenters. The number of amides is 1. The maximum absolute atomic E-state index is 12.5. The second-order valence-corrected chi connectivity index (χ2v) is 6.32. The zero-order valence-corrected chi connectivity index (χ0v) is 13.5. The second kappa shape index (κ2) is 6.25. The molecule has 1 aromatic rings. The van der Waals surface area contributed by atoms with Crippen LogP contribution in [0, 0.1) is 0 Å². The highest BCUT2D eigenvalue weighted by Crippen LogP contribution is 2.28. The van der Waals surface area contributed by atoms with E-state index >= 15 is 0 Å². The normalized spacial score (nSPS) is 17.0. The molecule has 1 amide bonds. The van der Waals surface area contributed by atoms with E-state index in [0.717, 1.165) is 30.4 Å². The van der Waals surface area contributed by atoms with Crippen LogP contribution in [-0.2, 0) is 0 Å². The van der Waals surface area contributed by atoms with Gasteiger partial charge in [-0.05, 0) is 55.0 Å². The summed E-state index contributed by atoms with van der Waals surface area (Å²) in [5, 5.41) is 0.502. The van der Waals surface area contributed by atoms with Gasteiger partial charge in [0.15, 0.2) is 0 Å². The van der Waals surface area contributed by atoms with Crippen LogP contribution in [0.2, 0.25) is 5.02 Å². The molecule has 1 heterocycles. The highest BCUT2D eigenvalue weighted by Gasteiger charge is 2.25. The number of piperidine rings is 1. The summed E-state index contributed by atoms with van der Waals surface area (Å²) in [5.41, 5.74) is 0.583. The lowest BCUT2D eigenvalue weighted by Gasteiger charge is -2.35. The summed E-state index contributed by atoms with van der Waals surface area (Å²) in [6.07, 6.45) is 2.04. The second-order valence-electron chi connectivity index (χ2n) is 5.09. The van der Waals surface area contributed by atoms with E-state index in [-0.39, 0.29) is 5.91 Å². The Morgan fingerprint density at radius 3 is 2.58 bits per heavy atom. The molecule has 0 aromatic heterocycles. The highest BCUT2D eigenvalue weighted by atomic mass is 79.9. The van der Waals surface area contributed by atoms with Gasteiger partial charge in [-0.25, -0.2) is 0 Å². The van der Waals surface area contributed by atoms with Gasteiger partial charge < -0.3 is 9.80 Å². The molecule has 19 heavy (non-hydrogen) atoms. The SMILES string of the molecule is CN(C)C1CCN(C(=O)c2cccc(Br)c2Cl)CC1. The third-order valence-corrected chi connectivity index (χ3v) is 4.96. The van der Waals surface area contributed by atoms with Crippen molar-refractivity contribution in [2.24, 2.45) is 0 Å². The maximum Gasteiger partial charge on any atom is 0.255 e. The molecule has 1 saturated heterocycles. The smallest absolute Gasteiger partial charge is 0.255 e. The van der Waals surface area contributed by atoms with Crippen molar-refractivity contribution in [3.8, 4) is 0 Å². The summed E-state index contributed by atoms with van der Waals surface area (Å²) in [6, 6.07) is 6.04. The van der Waals surface area contributed by atoms with Gasteiger partial charge in [-0.15, -0.1) is 0 Å². The Bertz CT molecular complexity index is 471. The molecule has 1 aliphatic heterocycles. The number of nitrogens with zero attached hydrogens (tertiary/aromatic N) is 2. The van der Waals surface area contributed by atoms with Crippen LogP contribution in [0.15, 0.2) is 22.7 Å². The van der Waals surface area contributed by atoms with Gasteiger partial charge in [0.1, 0.15) is 0 Å². The average molecular weight is 346 g/mol. The molecule has 5 heteroatoms.